The molecule has 0 saturated heterocycles. The summed E-state index contributed by atoms with van der Waals surface area (Å²) in [4.78, 5) is 0. The highest BCUT2D eigenvalue weighted by molar-refractivity contribution is 7.86. The van der Waals surface area contributed by atoms with Crippen molar-refractivity contribution in [3.8, 4) is 0 Å². The first kappa shape index (κ1) is 13.6. The van der Waals surface area contributed by atoms with Crippen molar-refractivity contribution in [2.45, 2.75) is 12.5 Å². The fourth-order valence-electron chi connectivity index (χ4n) is 1.39. The topological polar surface area (TPSA) is 86.7 Å². The maximum Gasteiger partial charge on any atom is 0.264 e. The molecule has 6 nitrogen and oxygen atoms in total. The van der Waals surface area contributed by atoms with Gasteiger partial charge in [0, 0.05) is 5.92 Å². The molecule has 0 aliphatic heterocycles. The lowest BCUT2D eigenvalue weighted by Gasteiger charge is -2.17. The van der Waals surface area contributed by atoms with Gasteiger partial charge in [-0.25, -0.2) is 0 Å². The molecule has 0 aromatic heterocycles. The molecule has 1 rings (SSSR count). The largest absolute Gasteiger partial charge is 0.270 e. The fourth-order valence-corrected chi connectivity index (χ4v) is 2.46. The van der Waals surface area contributed by atoms with Crippen molar-refractivity contribution >= 4 is 20.2 Å². The van der Waals surface area contributed by atoms with Crippen molar-refractivity contribution < 1.29 is 25.2 Å². The lowest BCUT2D eigenvalue weighted by molar-refractivity contribution is 0.142. The van der Waals surface area contributed by atoms with Gasteiger partial charge in [-0.15, -0.1) is 0 Å². The van der Waals surface area contributed by atoms with E-state index in [1.807, 2.05) is 0 Å². The summed E-state index contributed by atoms with van der Waals surface area (Å²) in [5, 5.41) is 0. The summed E-state index contributed by atoms with van der Waals surface area (Å²) in [7, 11) is -7.06. The molecule has 16 heavy (non-hydrogen) atoms. The van der Waals surface area contributed by atoms with Crippen LogP contribution in [0.2, 0.25) is 0 Å². The Morgan fingerprint density at radius 3 is 2.31 bits per heavy atom. The Balaban J connectivity index is 2.56. The van der Waals surface area contributed by atoms with Gasteiger partial charge in [0.15, 0.2) is 0 Å². The van der Waals surface area contributed by atoms with E-state index < -0.39 is 26.3 Å². The third kappa shape index (κ3) is 5.06. The van der Waals surface area contributed by atoms with Crippen LogP contribution in [0.15, 0.2) is 12.2 Å². The van der Waals surface area contributed by atoms with Gasteiger partial charge in [-0.3, -0.25) is 8.37 Å². The van der Waals surface area contributed by atoms with E-state index in [1.165, 1.54) is 0 Å². The van der Waals surface area contributed by atoms with E-state index in [0.29, 0.717) is 6.42 Å². The zero-order valence-electron chi connectivity index (χ0n) is 8.99. The molecule has 0 saturated carbocycles. The van der Waals surface area contributed by atoms with Crippen molar-refractivity contribution in [2.24, 2.45) is 5.92 Å². The van der Waals surface area contributed by atoms with Crippen molar-refractivity contribution in [1.82, 2.24) is 0 Å². The zero-order valence-corrected chi connectivity index (χ0v) is 10.6. The van der Waals surface area contributed by atoms with Crippen LogP contribution in [0.1, 0.15) is 6.42 Å². The molecule has 0 heterocycles. The summed E-state index contributed by atoms with van der Waals surface area (Å²) >= 11 is 0. The number of hydrogen-bond acceptors (Lipinski definition) is 6. The van der Waals surface area contributed by atoms with Gasteiger partial charge in [0.1, 0.15) is 0 Å². The second-order valence-electron chi connectivity index (χ2n) is 3.66. The molecule has 0 unspecified atom stereocenters. The van der Waals surface area contributed by atoms with E-state index in [-0.39, 0.29) is 12.5 Å². The Labute approximate surface area is 95.5 Å². The van der Waals surface area contributed by atoms with Crippen molar-refractivity contribution in [2.75, 3.05) is 19.1 Å². The standard InChI is InChI=1S/C8H14O6S2/c1-15(9,10)13-6-7-4-3-5-8(7)14-16(2,11)12/h3-4,7-8H,5-6H2,1-2H3/t7-,8-/m1/s1. The van der Waals surface area contributed by atoms with Crippen molar-refractivity contribution in [3.63, 3.8) is 0 Å². The highest BCUT2D eigenvalue weighted by Crippen LogP contribution is 2.23. The second kappa shape index (κ2) is 4.82. The molecule has 1 aliphatic rings. The van der Waals surface area contributed by atoms with E-state index in [2.05, 4.69) is 4.18 Å². The quantitative estimate of drug-likeness (QED) is 0.511. The summed E-state index contributed by atoms with van der Waals surface area (Å²) in [5.74, 6) is -0.357. The Bertz CT molecular complexity index is 461. The van der Waals surface area contributed by atoms with Gasteiger partial charge < -0.3 is 0 Å². The van der Waals surface area contributed by atoms with Crippen LogP contribution in [0.25, 0.3) is 0 Å². The third-order valence-electron chi connectivity index (χ3n) is 2.00. The van der Waals surface area contributed by atoms with E-state index in [9.17, 15) is 16.8 Å². The third-order valence-corrected chi connectivity index (χ3v) is 3.16. The van der Waals surface area contributed by atoms with Crippen LogP contribution in [-0.2, 0) is 28.6 Å². The Kier molecular flexibility index (Phi) is 4.11. The summed E-state index contributed by atoms with van der Waals surface area (Å²) in [6, 6.07) is 0. The number of rotatable bonds is 5. The molecular formula is C8H14O6S2. The minimum atomic E-state index is -3.54. The van der Waals surface area contributed by atoms with Gasteiger partial charge in [0.05, 0.1) is 25.2 Å². The second-order valence-corrected chi connectivity index (χ2v) is 6.90. The van der Waals surface area contributed by atoms with Gasteiger partial charge in [-0.05, 0) is 6.42 Å². The van der Waals surface area contributed by atoms with Crippen molar-refractivity contribution in [3.05, 3.63) is 12.2 Å². The first-order valence-corrected chi connectivity index (χ1v) is 8.20. The normalized spacial score (nSPS) is 26.1. The Hall–Kier alpha value is -0.440. The average molecular weight is 270 g/mol. The highest BCUT2D eigenvalue weighted by atomic mass is 32.2. The molecule has 0 bridgehead atoms. The Morgan fingerprint density at radius 1 is 1.19 bits per heavy atom. The zero-order chi connectivity index (χ0) is 12.4. The van der Waals surface area contributed by atoms with E-state index in [4.69, 9.17) is 4.18 Å². The molecule has 0 N–H and O–H groups in total. The summed E-state index contributed by atoms with van der Waals surface area (Å²) in [5.41, 5.74) is 0. The molecule has 8 heteroatoms. The monoisotopic (exact) mass is 270 g/mol. The highest BCUT2D eigenvalue weighted by Gasteiger charge is 2.28. The van der Waals surface area contributed by atoms with Crippen LogP contribution < -0.4 is 0 Å². The molecule has 2 atom stereocenters. The lowest BCUT2D eigenvalue weighted by Crippen LogP contribution is -2.26. The molecule has 0 aromatic carbocycles. The van der Waals surface area contributed by atoms with Crippen LogP contribution in [0.4, 0.5) is 0 Å². The van der Waals surface area contributed by atoms with E-state index in [0.717, 1.165) is 12.5 Å². The minimum Gasteiger partial charge on any atom is -0.270 e. The maximum absolute atomic E-state index is 10.9. The molecule has 0 radical (unpaired) electrons. The van der Waals surface area contributed by atoms with Crippen LogP contribution in [0.5, 0.6) is 0 Å². The SMILES string of the molecule is CS(=O)(=O)OC[C@H]1C=CC[C@H]1OS(C)(=O)=O. The predicted molar refractivity (Wildman–Crippen MR) is 57.8 cm³/mol. The molecular weight excluding hydrogens is 256 g/mol. The molecule has 0 spiro atoms. The first-order valence-electron chi connectivity index (χ1n) is 4.57. The van der Waals surface area contributed by atoms with Crippen LogP contribution in [0.3, 0.4) is 0 Å². The fraction of sp³-hybridized carbons (Fsp3) is 0.750. The molecule has 0 aromatic rings. The Morgan fingerprint density at radius 2 is 1.81 bits per heavy atom. The van der Waals surface area contributed by atoms with Crippen molar-refractivity contribution in [1.29, 1.82) is 0 Å². The van der Waals surface area contributed by atoms with Gasteiger partial charge >= 0.3 is 0 Å². The molecule has 0 fully saturated rings. The summed E-state index contributed by atoms with van der Waals surface area (Å²) in [6.45, 7) is -0.102. The smallest absolute Gasteiger partial charge is 0.264 e. The van der Waals surface area contributed by atoms with Gasteiger partial charge in [0.25, 0.3) is 20.2 Å². The van der Waals surface area contributed by atoms with Gasteiger partial charge in [-0.1, -0.05) is 12.2 Å². The van der Waals surface area contributed by atoms with Gasteiger partial charge in [0.2, 0.25) is 0 Å². The van der Waals surface area contributed by atoms with E-state index in [1.54, 1.807) is 12.2 Å². The average Bonchev–Trinajstić information content (AvgIpc) is 2.44. The van der Waals surface area contributed by atoms with Crippen LogP contribution >= 0.6 is 0 Å². The number of hydrogen-bond donors (Lipinski definition) is 0. The van der Waals surface area contributed by atoms with E-state index >= 15 is 0 Å². The van der Waals surface area contributed by atoms with Gasteiger partial charge in [-0.2, -0.15) is 16.8 Å². The molecule has 0 amide bonds. The minimum absolute atomic E-state index is 0.102. The molecule has 94 valence electrons. The maximum atomic E-state index is 10.9. The van der Waals surface area contributed by atoms with Crippen LogP contribution in [0, 0.1) is 5.92 Å². The first-order chi connectivity index (χ1) is 7.17. The molecule has 1 aliphatic carbocycles. The summed E-state index contributed by atoms with van der Waals surface area (Å²) < 4.78 is 52.8. The lowest BCUT2D eigenvalue weighted by atomic mass is 10.1. The summed E-state index contributed by atoms with van der Waals surface area (Å²) in [6.07, 6.45) is 5.20. The van der Waals surface area contributed by atoms with Crippen LogP contribution in [-0.4, -0.2) is 42.1 Å². The predicted octanol–water partition coefficient (Wildman–Crippen LogP) is -0.116.